The maximum Gasteiger partial charge on any atom is 0.416 e. The van der Waals surface area contributed by atoms with Gasteiger partial charge in [0, 0.05) is 61.9 Å². The van der Waals surface area contributed by atoms with E-state index in [0.29, 0.717) is 52.6 Å². The van der Waals surface area contributed by atoms with Crippen LogP contribution in [0, 0.1) is 0 Å². The largest absolute Gasteiger partial charge is 0.416 e. The summed E-state index contributed by atoms with van der Waals surface area (Å²) < 4.78 is 44.5. The van der Waals surface area contributed by atoms with E-state index >= 15 is 0 Å². The van der Waals surface area contributed by atoms with Crippen LogP contribution in [0.3, 0.4) is 0 Å². The summed E-state index contributed by atoms with van der Waals surface area (Å²) in [5, 5.41) is 15.3. The van der Waals surface area contributed by atoms with Crippen LogP contribution in [0.15, 0.2) is 79.0 Å². The number of amides is 2. The third kappa shape index (κ3) is 7.38. The maximum atomic E-state index is 13.1. The first-order valence-electron chi connectivity index (χ1n) is 12.7. The van der Waals surface area contributed by atoms with Crippen LogP contribution in [0.2, 0.25) is 0 Å². The van der Waals surface area contributed by atoms with Crippen molar-refractivity contribution in [3.05, 3.63) is 101 Å². The number of allylic oxidation sites excluding steroid dienone is 2. The van der Waals surface area contributed by atoms with Gasteiger partial charge in [0.15, 0.2) is 0 Å². The van der Waals surface area contributed by atoms with Crippen molar-refractivity contribution < 1.29 is 32.6 Å². The van der Waals surface area contributed by atoms with E-state index in [2.05, 4.69) is 15.6 Å². The smallest absolute Gasteiger partial charge is 0.383 e. The number of methoxy groups -OCH3 is 1. The molecular weight excluding hydrogens is 537 g/mol. The number of halogens is 3. The lowest BCUT2D eigenvalue weighted by Crippen LogP contribution is -2.34. The number of rotatable bonds is 9. The second-order valence-electron chi connectivity index (χ2n) is 9.36. The van der Waals surface area contributed by atoms with Crippen molar-refractivity contribution in [2.75, 3.05) is 42.8 Å². The molecule has 3 N–H and O–H groups in total. The fourth-order valence-corrected chi connectivity index (χ4v) is 4.26. The van der Waals surface area contributed by atoms with E-state index in [4.69, 9.17) is 4.74 Å². The number of carbonyl (C=O) groups excluding carboxylic acids is 2. The van der Waals surface area contributed by atoms with E-state index in [1.54, 1.807) is 49.7 Å². The number of aliphatic hydroxyl groups excluding tert-OH is 1. The zero-order valence-corrected chi connectivity index (χ0v) is 22.4. The second kappa shape index (κ2) is 12.8. The Labute approximate surface area is 235 Å². The summed E-state index contributed by atoms with van der Waals surface area (Å²) in [6.45, 7) is 1.14. The summed E-state index contributed by atoms with van der Waals surface area (Å²) >= 11 is 0. The van der Waals surface area contributed by atoms with Crippen molar-refractivity contribution >= 4 is 34.6 Å². The number of alkyl halides is 3. The van der Waals surface area contributed by atoms with Gasteiger partial charge in [-0.25, -0.2) is 4.98 Å². The van der Waals surface area contributed by atoms with Gasteiger partial charge in [-0.2, -0.15) is 13.2 Å². The lowest BCUT2D eigenvalue weighted by molar-refractivity contribution is -0.137. The molecule has 1 aliphatic rings. The van der Waals surface area contributed by atoms with Crippen LogP contribution in [-0.2, 0) is 26.9 Å². The molecule has 0 saturated heterocycles. The molecule has 214 valence electrons. The van der Waals surface area contributed by atoms with Gasteiger partial charge in [0.1, 0.15) is 11.9 Å². The van der Waals surface area contributed by atoms with Crippen molar-refractivity contribution in [3.63, 3.8) is 0 Å². The van der Waals surface area contributed by atoms with Gasteiger partial charge in [0.05, 0.1) is 12.2 Å². The zero-order chi connectivity index (χ0) is 29.6. The zero-order valence-electron chi connectivity index (χ0n) is 22.4. The molecule has 0 radical (unpaired) electrons. The topological polar surface area (TPSA) is 104 Å². The van der Waals surface area contributed by atoms with Crippen LogP contribution in [0.4, 0.5) is 30.4 Å². The van der Waals surface area contributed by atoms with Gasteiger partial charge in [-0.1, -0.05) is 30.4 Å². The number of ether oxygens (including phenoxy) is 1. The monoisotopic (exact) mass is 566 g/mol. The van der Waals surface area contributed by atoms with Gasteiger partial charge in [-0.3, -0.25) is 9.59 Å². The molecule has 0 saturated carbocycles. The van der Waals surface area contributed by atoms with Crippen molar-refractivity contribution in [2.24, 2.45) is 0 Å². The number of hydrogen-bond acceptors (Lipinski definition) is 6. The Morgan fingerprint density at radius 2 is 1.90 bits per heavy atom. The number of anilines is 3. The standard InChI is InChI=1S/C30H29F3N4O4/c1-37(15-16-41-2)27-14-11-20(18-34-27)22(19-9-12-21(13-10-19)30(31,32)33)5-3-8-28(39)35-24-6-4-7-25-23(24)17-26(38)29(40)36-25/h3-14,18,26,38H,15-17H2,1-2H3,(H,35,39)(H,36,40). The second-order valence-corrected chi connectivity index (χ2v) is 9.36. The van der Waals surface area contributed by atoms with Gasteiger partial charge < -0.3 is 25.4 Å². The minimum Gasteiger partial charge on any atom is -0.383 e. The Balaban J connectivity index is 1.59. The van der Waals surface area contributed by atoms with Crippen LogP contribution in [0.5, 0.6) is 0 Å². The predicted octanol–water partition coefficient (Wildman–Crippen LogP) is 4.67. The Morgan fingerprint density at radius 1 is 1.17 bits per heavy atom. The summed E-state index contributed by atoms with van der Waals surface area (Å²) in [6, 6.07) is 13.4. The third-order valence-corrected chi connectivity index (χ3v) is 6.51. The Kier molecular flexibility index (Phi) is 9.21. The number of carbonyl (C=O) groups is 2. The molecular formula is C30H29F3N4O4. The summed E-state index contributed by atoms with van der Waals surface area (Å²) in [6.07, 6.45) is 0.387. The van der Waals surface area contributed by atoms with Crippen LogP contribution in [0.1, 0.15) is 22.3 Å². The molecule has 1 unspecified atom stereocenters. The number of nitrogens with one attached hydrogen (secondary N) is 2. The number of likely N-dealkylation sites (N-methyl/N-ethyl adjacent to an activating group) is 1. The van der Waals surface area contributed by atoms with Gasteiger partial charge in [-0.15, -0.1) is 0 Å². The molecule has 2 aromatic carbocycles. The quantitative estimate of drug-likeness (QED) is 0.257. The van der Waals surface area contributed by atoms with E-state index in [-0.39, 0.29) is 6.42 Å². The van der Waals surface area contributed by atoms with Crippen molar-refractivity contribution in [1.82, 2.24) is 4.98 Å². The van der Waals surface area contributed by atoms with Crippen LogP contribution in [0.25, 0.3) is 5.57 Å². The first-order valence-corrected chi connectivity index (χ1v) is 12.7. The minimum absolute atomic E-state index is 0.0585. The van der Waals surface area contributed by atoms with Gasteiger partial charge >= 0.3 is 6.18 Å². The van der Waals surface area contributed by atoms with E-state index in [0.717, 1.165) is 12.1 Å². The normalized spacial score (nSPS) is 15.4. The molecule has 0 bridgehead atoms. The molecule has 0 aliphatic carbocycles. The lowest BCUT2D eigenvalue weighted by Gasteiger charge is -2.23. The number of nitrogens with zero attached hydrogens (tertiary/aromatic N) is 2. The lowest BCUT2D eigenvalue weighted by atomic mass is 9.97. The van der Waals surface area contributed by atoms with Crippen molar-refractivity contribution in [2.45, 2.75) is 18.7 Å². The molecule has 3 aromatic rings. The highest BCUT2D eigenvalue weighted by molar-refractivity contribution is 6.03. The number of hydrogen-bond donors (Lipinski definition) is 3. The van der Waals surface area contributed by atoms with Gasteiger partial charge in [0.2, 0.25) is 5.91 Å². The van der Waals surface area contributed by atoms with Crippen LogP contribution in [-0.4, -0.2) is 55.3 Å². The Hall–Kier alpha value is -4.48. The van der Waals surface area contributed by atoms with E-state index in [1.165, 1.54) is 24.3 Å². The highest BCUT2D eigenvalue weighted by atomic mass is 19.4. The van der Waals surface area contributed by atoms with Crippen LogP contribution < -0.4 is 15.5 Å². The summed E-state index contributed by atoms with van der Waals surface area (Å²) in [7, 11) is 3.48. The first kappa shape index (κ1) is 29.5. The summed E-state index contributed by atoms with van der Waals surface area (Å²) in [5.41, 5.74) is 2.49. The molecule has 1 aliphatic heterocycles. The molecule has 41 heavy (non-hydrogen) atoms. The minimum atomic E-state index is -4.47. The fourth-order valence-electron chi connectivity index (χ4n) is 4.26. The molecule has 0 spiro atoms. The average molecular weight is 567 g/mol. The molecule has 2 amide bonds. The Morgan fingerprint density at radius 3 is 2.56 bits per heavy atom. The van der Waals surface area contributed by atoms with E-state index in [9.17, 15) is 27.9 Å². The highest BCUT2D eigenvalue weighted by Gasteiger charge is 2.30. The number of aliphatic hydroxyl groups is 1. The number of aromatic nitrogens is 1. The van der Waals surface area contributed by atoms with Gasteiger partial charge in [0.25, 0.3) is 5.91 Å². The van der Waals surface area contributed by atoms with Gasteiger partial charge in [-0.05, 0) is 47.5 Å². The number of fused-ring (bicyclic) bond motifs is 1. The summed E-state index contributed by atoms with van der Waals surface area (Å²) in [4.78, 5) is 30.9. The first-order chi connectivity index (χ1) is 19.6. The summed E-state index contributed by atoms with van der Waals surface area (Å²) in [5.74, 6) is -0.285. The molecule has 0 fully saturated rings. The van der Waals surface area contributed by atoms with Crippen molar-refractivity contribution in [3.8, 4) is 0 Å². The third-order valence-electron chi connectivity index (χ3n) is 6.51. The Bertz CT molecular complexity index is 1450. The van der Waals surface area contributed by atoms with E-state index < -0.39 is 29.7 Å². The molecule has 8 nitrogen and oxygen atoms in total. The molecule has 11 heteroatoms. The molecule has 4 rings (SSSR count). The average Bonchev–Trinajstić information content (AvgIpc) is 2.95. The van der Waals surface area contributed by atoms with E-state index in [1.807, 2.05) is 11.9 Å². The SMILES string of the molecule is COCCN(C)c1ccc(C(=CC=CC(=O)Nc2cccc3c2CC(O)C(=O)N3)c2ccc(C(F)(F)F)cc2)cn1. The predicted molar refractivity (Wildman–Crippen MR) is 150 cm³/mol. The molecule has 2 heterocycles. The highest BCUT2D eigenvalue weighted by Crippen LogP contribution is 2.32. The fraction of sp³-hybridized carbons (Fsp3) is 0.233. The molecule has 1 atom stereocenters. The number of benzene rings is 2. The number of pyridine rings is 1. The molecule has 1 aromatic heterocycles. The van der Waals surface area contributed by atoms with Crippen molar-refractivity contribution in [1.29, 1.82) is 0 Å². The maximum absolute atomic E-state index is 13.1. The van der Waals surface area contributed by atoms with Crippen LogP contribution >= 0.6 is 0 Å².